The molecule has 0 saturated carbocycles. The Morgan fingerprint density at radius 3 is 2.73 bits per heavy atom. The molecule has 1 aromatic heterocycles. The first-order valence-corrected chi connectivity index (χ1v) is 8.30. The van der Waals surface area contributed by atoms with Crippen LogP contribution >= 0.6 is 0 Å². The van der Waals surface area contributed by atoms with Gasteiger partial charge in [-0.05, 0) is 30.7 Å². The number of nitrogens with two attached hydrogens (primary N) is 1. The smallest absolute Gasteiger partial charge is 0.255 e. The monoisotopic (exact) mass is 357 g/mol. The number of aromatic nitrogens is 1. The molecule has 2 amide bonds. The lowest BCUT2D eigenvalue weighted by molar-refractivity contribution is -0.150. The van der Waals surface area contributed by atoms with Crippen LogP contribution in [0.15, 0.2) is 42.6 Å². The molecule has 0 bridgehead atoms. The van der Waals surface area contributed by atoms with Gasteiger partial charge >= 0.3 is 0 Å². The summed E-state index contributed by atoms with van der Waals surface area (Å²) in [5, 5.41) is 0. The van der Waals surface area contributed by atoms with Crippen LogP contribution < -0.4 is 5.73 Å². The zero-order chi connectivity index (χ0) is 18.7. The second-order valence-electron chi connectivity index (χ2n) is 6.48. The zero-order valence-electron chi connectivity index (χ0n) is 14.4. The fraction of sp³-hybridized carbons (Fsp3) is 0.316. The average Bonchev–Trinajstić information content (AvgIpc) is 2.63. The summed E-state index contributed by atoms with van der Waals surface area (Å²) in [6, 6.07) is 9.87. The lowest BCUT2D eigenvalue weighted by Crippen LogP contribution is -2.58. The first-order valence-electron chi connectivity index (χ1n) is 8.30. The van der Waals surface area contributed by atoms with Crippen LogP contribution in [-0.4, -0.2) is 47.0 Å². The molecular formula is C19H20FN3O3. The zero-order valence-corrected chi connectivity index (χ0v) is 14.4. The Labute approximate surface area is 150 Å². The first kappa shape index (κ1) is 18.0. The number of rotatable bonds is 4. The molecule has 0 spiro atoms. The van der Waals surface area contributed by atoms with Gasteiger partial charge in [-0.1, -0.05) is 18.2 Å². The van der Waals surface area contributed by atoms with Gasteiger partial charge in [0.15, 0.2) is 5.60 Å². The number of amides is 2. The number of pyridine rings is 1. The van der Waals surface area contributed by atoms with Crippen LogP contribution in [0.25, 0.3) is 0 Å². The summed E-state index contributed by atoms with van der Waals surface area (Å²) in [6.45, 7) is 2.28. The normalized spacial score (nSPS) is 20.0. The third-order valence-corrected chi connectivity index (χ3v) is 4.48. The molecule has 26 heavy (non-hydrogen) atoms. The molecule has 1 fully saturated rings. The average molecular weight is 357 g/mol. The maximum atomic E-state index is 13.7. The second kappa shape index (κ2) is 7.21. The van der Waals surface area contributed by atoms with Crippen molar-refractivity contribution in [3.63, 3.8) is 0 Å². The highest BCUT2D eigenvalue weighted by Crippen LogP contribution is 2.19. The minimum Gasteiger partial charge on any atom is -0.367 e. The van der Waals surface area contributed by atoms with E-state index in [9.17, 15) is 14.0 Å². The van der Waals surface area contributed by atoms with E-state index in [1.165, 1.54) is 17.2 Å². The number of carbonyl (C=O) groups is 2. The number of carbonyl (C=O) groups excluding carboxylic acids is 2. The fourth-order valence-corrected chi connectivity index (χ4v) is 2.87. The number of benzene rings is 1. The van der Waals surface area contributed by atoms with E-state index >= 15 is 0 Å². The van der Waals surface area contributed by atoms with Gasteiger partial charge in [-0.15, -0.1) is 0 Å². The number of morpholine rings is 1. The van der Waals surface area contributed by atoms with Gasteiger partial charge in [0.25, 0.3) is 11.8 Å². The Morgan fingerprint density at radius 2 is 2.08 bits per heavy atom. The van der Waals surface area contributed by atoms with Crippen molar-refractivity contribution < 1.29 is 18.7 Å². The van der Waals surface area contributed by atoms with Gasteiger partial charge in [-0.2, -0.15) is 0 Å². The summed E-state index contributed by atoms with van der Waals surface area (Å²) in [4.78, 5) is 30.0. The van der Waals surface area contributed by atoms with Gasteiger partial charge in [0, 0.05) is 24.9 Å². The van der Waals surface area contributed by atoms with Gasteiger partial charge in [0.05, 0.1) is 18.7 Å². The van der Waals surface area contributed by atoms with Crippen LogP contribution in [0.2, 0.25) is 0 Å². The summed E-state index contributed by atoms with van der Waals surface area (Å²) in [6.07, 6.45) is 1.81. The van der Waals surface area contributed by atoms with E-state index in [2.05, 4.69) is 4.98 Å². The van der Waals surface area contributed by atoms with Crippen molar-refractivity contribution in [1.82, 2.24) is 9.88 Å². The summed E-state index contributed by atoms with van der Waals surface area (Å²) >= 11 is 0. The molecule has 136 valence electrons. The Morgan fingerprint density at radius 1 is 1.31 bits per heavy atom. The fourth-order valence-electron chi connectivity index (χ4n) is 2.87. The number of halogens is 1. The predicted molar refractivity (Wildman–Crippen MR) is 92.9 cm³/mol. The van der Waals surface area contributed by atoms with Crippen LogP contribution in [0.3, 0.4) is 0 Å². The Balaban J connectivity index is 1.71. The van der Waals surface area contributed by atoms with E-state index in [4.69, 9.17) is 10.5 Å². The third kappa shape index (κ3) is 3.72. The van der Waals surface area contributed by atoms with Crippen molar-refractivity contribution in [2.45, 2.75) is 18.9 Å². The predicted octanol–water partition coefficient (Wildman–Crippen LogP) is 1.53. The molecule has 2 N–H and O–H groups in total. The number of primary amides is 1. The molecule has 7 heteroatoms. The van der Waals surface area contributed by atoms with E-state index in [1.807, 2.05) is 0 Å². The highest BCUT2D eigenvalue weighted by atomic mass is 19.1. The molecule has 3 rings (SSSR count). The van der Waals surface area contributed by atoms with Gasteiger partial charge in [0.2, 0.25) is 0 Å². The molecule has 2 aromatic rings. The first-order chi connectivity index (χ1) is 12.4. The van der Waals surface area contributed by atoms with Crippen molar-refractivity contribution in [1.29, 1.82) is 0 Å². The van der Waals surface area contributed by atoms with Crippen molar-refractivity contribution in [3.8, 4) is 0 Å². The Bertz CT molecular complexity index is 825. The van der Waals surface area contributed by atoms with Gasteiger partial charge < -0.3 is 15.4 Å². The molecule has 1 atom stereocenters. The van der Waals surface area contributed by atoms with Crippen molar-refractivity contribution in [2.24, 2.45) is 5.73 Å². The molecule has 1 aliphatic rings. The van der Waals surface area contributed by atoms with Gasteiger partial charge in [-0.25, -0.2) is 4.39 Å². The molecule has 1 aromatic carbocycles. The molecule has 2 heterocycles. The maximum Gasteiger partial charge on any atom is 0.255 e. The molecular weight excluding hydrogens is 337 g/mol. The summed E-state index contributed by atoms with van der Waals surface area (Å²) < 4.78 is 19.1. The molecule has 0 unspecified atom stereocenters. The van der Waals surface area contributed by atoms with E-state index < -0.39 is 11.5 Å². The van der Waals surface area contributed by atoms with Crippen molar-refractivity contribution in [3.05, 3.63) is 65.2 Å². The third-order valence-electron chi connectivity index (χ3n) is 4.48. The minimum atomic E-state index is -1.19. The van der Waals surface area contributed by atoms with Crippen molar-refractivity contribution in [2.75, 3.05) is 19.7 Å². The number of hydrogen-bond acceptors (Lipinski definition) is 4. The van der Waals surface area contributed by atoms with Crippen LogP contribution in [0.4, 0.5) is 4.39 Å². The number of hydrogen-bond donors (Lipinski definition) is 1. The van der Waals surface area contributed by atoms with Crippen LogP contribution in [0.1, 0.15) is 28.5 Å². The van der Waals surface area contributed by atoms with E-state index in [0.717, 1.165) is 0 Å². The summed E-state index contributed by atoms with van der Waals surface area (Å²) in [7, 11) is 0. The lowest BCUT2D eigenvalue weighted by atomic mass is 10.0. The largest absolute Gasteiger partial charge is 0.367 e. The Hall–Kier alpha value is -2.80. The summed E-state index contributed by atoms with van der Waals surface area (Å²) in [5.41, 5.74) is 5.78. The van der Waals surface area contributed by atoms with E-state index in [0.29, 0.717) is 29.8 Å². The molecule has 0 radical (unpaired) electrons. The van der Waals surface area contributed by atoms with E-state index in [1.54, 1.807) is 37.3 Å². The standard InChI is InChI=1S/C19H20FN3O3/c1-19(18(21)25)12-23(8-9-26-19)17(24)14-6-7-15(22-11-14)10-13-4-2-3-5-16(13)20/h2-7,11H,8-10,12H2,1H3,(H2,21,25)/t19-/m1/s1. The van der Waals surface area contributed by atoms with E-state index in [-0.39, 0.29) is 24.9 Å². The minimum absolute atomic E-state index is 0.0954. The van der Waals surface area contributed by atoms with Gasteiger partial charge in [0.1, 0.15) is 5.82 Å². The second-order valence-corrected chi connectivity index (χ2v) is 6.48. The molecule has 6 nitrogen and oxygen atoms in total. The quantitative estimate of drug-likeness (QED) is 0.899. The number of ether oxygens (including phenoxy) is 1. The SMILES string of the molecule is C[C@]1(C(N)=O)CN(C(=O)c2ccc(Cc3ccccc3F)nc2)CCO1. The molecule has 1 aliphatic heterocycles. The van der Waals surface area contributed by atoms with Crippen LogP contribution in [0.5, 0.6) is 0 Å². The number of nitrogens with zero attached hydrogens (tertiary/aromatic N) is 2. The lowest BCUT2D eigenvalue weighted by Gasteiger charge is -2.38. The van der Waals surface area contributed by atoms with Crippen molar-refractivity contribution >= 4 is 11.8 Å². The van der Waals surface area contributed by atoms with Crippen LogP contribution in [0, 0.1) is 5.82 Å². The maximum absolute atomic E-state index is 13.7. The van der Waals surface area contributed by atoms with Gasteiger partial charge in [-0.3, -0.25) is 14.6 Å². The highest BCUT2D eigenvalue weighted by Gasteiger charge is 2.39. The summed E-state index contributed by atoms with van der Waals surface area (Å²) in [5.74, 6) is -1.13. The highest BCUT2D eigenvalue weighted by molar-refractivity contribution is 5.95. The Kier molecular flexibility index (Phi) is 4.99. The topological polar surface area (TPSA) is 85.5 Å². The van der Waals surface area contributed by atoms with Crippen LogP contribution in [-0.2, 0) is 16.0 Å². The molecule has 1 saturated heterocycles. The molecule has 0 aliphatic carbocycles.